The van der Waals surface area contributed by atoms with Gasteiger partial charge in [0.25, 0.3) is 0 Å². The van der Waals surface area contributed by atoms with Crippen LogP contribution >= 0.6 is 11.3 Å². The number of fused-ring (bicyclic) bond motifs is 1. The highest BCUT2D eigenvalue weighted by Crippen LogP contribution is 2.41. The predicted octanol–water partition coefficient (Wildman–Crippen LogP) is 3.36. The van der Waals surface area contributed by atoms with Gasteiger partial charge in [-0.3, -0.25) is 4.79 Å². The maximum atomic E-state index is 13.3. The number of nitrogens with zero attached hydrogens (tertiary/aromatic N) is 1. The minimum Gasteiger partial charge on any atom is -0.335 e. The lowest BCUT2D eigenvalue weighted by molar-refractivity contribution is -0.147. The van der Waals surface area contributed by atoms with Crippen molar-refractivity contribution in [3.63, 3.8) is 0 Å². The average molecular weight is 306 g/mol. The van der Waals surface area contributed by atoms with E-state index in [1.807, 2.05) is 11.3 Å². The molecule has 0 bridgehead atoms. The molecule has 116 valence electrons. The number of hydrogen-bond acceptors (Lipinski definition) is 3. The summed E-state index contributed by atoms with van der Waals surface area (Å²) in [7, 11) is 0. The van der Waals surface area contributed by atoms with Crippen molar-refractivity contribution in [2.45, 2.75) is 52.0 Å². The summed E-state index contributed by atoms with van der Waals surface area (Å²) in [6.45, 7) is 7.26. The summed E-state index contributed by atoms with van der Waals surface area (Å²) in [5.74, 6) is 0.412. The van der Waals surface area contributed by atoms with Gasteiger partial charge in [0, 0.05) is 11.4 Å². The van der Waals surface area contributed by atoms with Gasteiger partial charge in [0.2, 0.25) is 5.91 Å². The van der Waals surface area contributed by atoms with E-state index in [1.165, 1.54) is 10.4 Å². The van der Waals surface area contributed by atoms with Crippen LogP contribution in [0.1, 0.15) is 56.0 Å². The van der Waals surface area contributed by atoms with Crippen molar-refractivity contribution >= 4 is 17.2 Å². The molecule has 2 aliphatic heterocycles. The predicted molar refractivity (Wildman–Crippen MR) is 87.6 cm³/mol. The summed E-state index contributed by atoms with van der Waals surface area (Å²) >= 11 is 1.84. The molecule has 1 atom stereocenters. The summed E-state index contributed by atoms with van der Waals surface area (Å²) in [4.78, 5) is 16.9. The normalized spacial score (nSPS) is 24.7. The summed E-state index contributed by atoms with van der Waals surface area (Å²) < 4.78 is 0. The van der Waals surface area contributed by atoms with Crippen molar-refractivity contribution in [1.82, 2.24) is 10.2 Å². The summed E-state index contributed by atoms with van der Waals surface area (Å²) in [5.41, 5.74) is 1.27. The van der Waals surface area contributed by atoms with E-state index < -0.39 is 0 Å². The van der Waals surface area contributed by atoms with E-state index in [1.54, 1.807) is 0 Å². The van der Waals surface area contributed by atoms with Crippen molar-refractivity contribution in [2.75, 3.05) is 19.6 Å². The first-order valence-corrected chi connectivity index (χ1v) is 9.14. The molecule has 1 aromatic heterocycles. The monoisotopic (exact) mass is 306 g/mol. The zero-order valence-electron chi connectivity index (χ0n) is 13.2. The van der Waals surface area contributed by atoms with Gasteiger partial charge in [-0.1, -0.05) is 13.3 Å². The minimum absolute atomic E-state index is 0.109. The second kappa shape index (κ2) is 6.09. The van der Waals surface area contributed by atoms with Gasteiger partial charge in [0.05, 0.1) is 11.5 Å². The first-order valence-electron chi connectivity index (χ1n) is 8.26. The number of amides is 1. The fourth-order valence-electron chi connectivity index (χ4n) is 4.05. The standard InChI is InChI=1S/C17H26N2OS/c1-3-6-17(7-9-18-10-8-17)16(20)19-11-4-15-14(13(19)2)5-12-21-15/h5,12-13,18H,3-4,6-11H2,1-2H3. The Morgan fingerprint density at radius 2 is 2.24 bits per heavy atom. The van der Waals surface area contributed by atoms with Gasteiger partial charge in [0.15, 0.2) is 0 Å². The smallest absolute Gasteiger partial charge is 0.229 e. The van der Waals surface area contributed by atoms with Crippen LogP contribution in [0.2, 0.25) is 0 Å². The van der Waals surface area contributed by atoms with Gasteiger partial charge >= 0.3 is 0 Å². The molecule has 1 N–H and O–H groups in total. The lowest BCUT2D eigenvalue weighted by Crippen LogP contribution is -2.51. The van der Waals surface area contributed by atoms with Crippen molar-refractivity contribution in [3.8, 4) is 0 Å². The number of carbonyl (C=O) groups is 1. The van der Waals surface area contributed by atoms with E-state index in [0.717, 1.165) is 51.7 Å². The van der Waals surface area contributed by atoms with E-state index in [-0.39, 0.29) is 11.5 Å². The van der Waals surface area contributed by atoms with E-state index in [4.69, 9.17) is 0 Å². The van der Waals surface area contributed by atoms with E-state index in [9.17, 15) is 4.79 Å². The Labute approximate surface area is 131 Å². The third kappa shape index (κ3) is 2.64. The van der Waals surface area contributed by atoms with Crippen LogP contribution in [0.5, 0.6) is 0 Å². The SMILES string of the molecule is CCCC1(C(=O)N2CCc3sccc3C2C)CCNCC1. The topological polar surface area (TPSA) is 32.3 Å². The Kier molecular flexibility index (Phi) is 4.36. The molecular formula is C17H26N2OS. The lowest BCUT2D eigenvalue weighted by atomic mass is 9.73. The van der Waals surface area contributed by atoms with Crippen LogP contribution in [0.4, 0.5) is 0 Å². The third-order valence-electron chi connectivity index (χ3n) is 5.28. The van der Waals surface area contributed by atoms with Crippen molar-refractivity contribution in [2.24, 2.45) is 5.41 Å². The van der Waals surface area contributed by atoms with Gasteiger partial charge in [-0.05, 0) is 62.7 Å². The van der Waals surface area contributed by atoms with Crippen LogP contribution in [0.25, 0.3) is 0 Å². The summed E-state index contributed by atoms with van der Waals surface area (Å²) in [6.07, 6.45) is 5.16. The van der Waals surface area contributed by atoms with Gasteiger partial charge in [0.1, 0.15) is 0 Å². The number of rotatable bonds is 3. The Morgan fingerprint density at radius 1 is 1.48 bits per heavy atom. The van der Waals surface area contributed by atoms with Gasteiger partial charge < -0.3 is 10.2 Å². The molecule has 1 unspecified atom stereocenters. The van der Waals surface area contributed by atoms with Gasteiger partial charge in [-0.25, -0.2) is 0 Å². The maximum absolute atomic E-state index is 13.3. The quantitative estimate of drug-likeness (QED) is 0.928. The second-order valence-corrected chi connectivity index (χ2v) is 7.50. The zero-order valence-corrected chi connectivity index (χ0v) is 14.0. The number of nitrogens with one attached hydrogen (secondary N) is 1. The minimum atomic E-state index is -0.109. The Balaban J connectivity index is 1.83. The highest BCUT2D eigenvalue weighted by molar-refractivity contribution is 7.10. The molecule has 3 nitrogen and oxygen atoms in total. The van der Waals surface area contributed by atoms with Crippen LogP contribution in [-0.4, -0.2) is 30.4 Å². The van der Waals surface area contributed by atoms with E-state index >= 15 is 0 Å². The molecule has 2 aliphatic rings. The molecule has 1 amide bonds. The Bertz CT molecular complexity index is 499. The highest BCUT2D eigenvalue weighted by Gasteiger charge is 2.43. The first kappa shape index (κ1) is 15.0. The number of piperidine rings is 1. The Morgan fingerprint density at radius 3 is 2.95 bits per heavy atom. The fourth-order valence-corrected chi connectivity index (χ4v) is 5.01. The molecule has 0 aromatic carbocycles. The molecular weight excluding hydrogens is 280 g/mol. The Hall–Kier alpha value is -0.870. The van der Waals surface area contributed by atoms with Gasteiger partial charge in [-0.2, -0.15) is 0 Å². The van der Waals surface area contributed by atoms with Crippen LogP contribution in [0, 0.1) is 5.41 Å². The molecule has 0 spiro atoms. The molecule has 0 saturated carbocycles. The van der Waals surface area contributed by atoms with Crippen LogP contribution in [-0.2, 0) is 11.2 Å². The largest absolute Gasteiger partial charge is 0.335 e. The molecule has 21 heavy (non-hydrogen) atoms. The molecule has 0 aliphatic carbocycles. The van der Waals surface area contributed by atoms with Gasteiger partial charge in [-0.15, -0.1) is 11.3 Å². The lowest BCUT2D eigenvalue weighted by Gasteiger charge is -2.43. The van der Waals surface area contributed by atoms with Crippen molar-refractivity contribution in [3.05, 3.63) is 21.9 Å². The van der Waals surface area contributed by atoms with Crippen LogP contribution in [0.3, 0.4) is 0 Å². The van der Waals surface area contributed by atoms with Crippen molar-refractivity contribution < 1.29 is 4.79 Å². The number of hydrogen-bond donors (Lipinski definition) is 1. The number of carbonyl (C=O) groups excluding carboxylic acids is 1. The maximum Gasteiger partial charge on any atom is 0.229 e. The van der Waals surface area contributed by atoms with E-state index in [2.05, 4.69) is 35.5 Å². The average Bonchev–Trinajstić information content (AvgIpc) is 2.98. The number of thiophene rings is 1. The molecule has 0 radical (unpaired) electrons. The highest BCUT2D eigenvalue weighted by atomic mass is 32.1. The molecule has 4 heteroatoms. The molecule has 1 fully saturated rings. The summed E-state index contributed by atoms with van der Waals surface area (Å²) in [6, 6.07) is 2.45. The second-order valence-electron chi connectivity index (χ2n) is 6.50. The molecule has 3 heterocycles. The summed E-state index contributed by atoms with van der Waals surface area (Å²) in [5, 5.41) is 5.58. The van der Waals surface area contributed by atoms with Crippen LogP contribution < -0.4 is 5.32 Å². The molecule has 1 aromatic rings. The first-order chi connectivity index (χ1) is 10.2. The molecule has 1 saturated heterocycles. The van der Waals surface area contributed by atoms with Crippen molar-refractivity contribution in [1.29, 1.82) is 0 Å². The molecule has 3 rings (SSSR count). The fraction of sp³-hybridized carbons (Fsp3) is 0.706. The van der Waals surface area contributed by atoms with Crippen LogP contribution in [0.15, 0.2) is 11.4 Å². The van der Waals surface area contributed by atoms with E-state index in [0.29, 0.717) is 5.91 Å². The third-order valence-corrected chi connectivity index (χ3v) is 6.28. The zero-order chi connectivity index (χ0) is 14.9.